The van der Waals surface area contributed by atoms with Crippen LogP contribution in [-0.4, -0.2) is 28.7 Å². The number of carbonyl (C=O) groups is 1. The number of halogens is 3. The molecule has 0 fully saturated rings. The third-order valence-corrected chi connectivity index (χ3v) is 8.81. The number of carbonyl (C=O) groups excluding carboxylic acids is 1. The molecule has 0 atom stereocenters. The molecule has 0 saturated carbocycles. The van der Waals surface area contributed by atoms with Gasteiger partial charge in [-0.05, 0) is 55.7 Å². The van der Waals surface area contributed by atoms with Crippen LogP contribution in [0.4, 0.5) is 13.2 Å². The van der Waals surface area contributed by atoms with Gasteiger partial charge in [-0.25, -0.2) is 17.9 Å². The molecule has 0 unspecified atom stereocenters. The van der Waals surface area contributed by atoms with Crippen LogP contribution < -0.4 is 10.4 Å². The first-order valence-corrected chi connectivity index (χ1v) is 16.0. The van der Waals surface area contributed by atoms with Gasteiger partial charge < -0.3 is 4.42 Å². The van der Waals surface area contributed by atoms with Gasteiger partial charge >= 0.3 is 11.9 Å². The highest BCUT2D eigenvalue weighted by Crippen LogP contribution is 2.33. The molecule has 0 aliphatic carbocycles. The summed E-state index contributed by atoms with van der Waals surface area (Å²) >= 11 is 0. The van der Waals surface area contributed by atoms with Crippen molar-refractivity contribution in [2.75, 3.05) is 0 Å². The Morgan fingerprint density at radius 3 is 2.30 bits per heavy atom. The number of amides is 1. The number of aryl methyl sites for hydroxylation is 3. The molecule has 2 aromatic heterocycles. The maximum absolute atomic E-state index is 13.7. The van der Waals surface area contributed by atoms with Crippen molar-refractivity contribution in [3.8, 4) is 16.8 Å². The van der Waals surface area contributed by atoms with E-state index in [0.29, 0.717) is 46.9 Å². The van der Waals surface area contributed by atoms with Crippen LogP contribution in [0.1, 0.15) is 58.6 Å². The van der Waals surface area contributed by atoms with Gasteiger partial charge in [-0.2, -0.15) is 17.9 Å². The lowest BCUT2D eigenvalue weighted by Gasteiger charge is -2.12. The third kappa shape index (κ3) is 6.69. The minimum absolute atomic E-state index is 0.0335. The molecule has 9 nitrogen and oxygen atoms in total. The van der Waals surface area contributed by atoms with E-state index >= 15 is 0 Å². The first-order chi connectivity index (χ1) is 21.8. The van der Waals surface area contributed by atoms with Crippen LogP contribution in [0.2, 0.25) is 0 Å². The molecule has 13 heteroatoms. The quantitative estimate of drug-likeness (QED) is 0.186. The van der Waals surface area contributed by atoms with Crippen molar-refractivity contribution in [1.29, 1.82) is 0 Å². The Balaban J connectivity index is 1.45. The molecular formula is C33H31F3N4O5S. The predicted molar refractivity (Wildman–Crippen MR) is 165 cm³/mol. The summed E-state index contributed by atoms with van der Waals surface area (Å²) in [5, 5.41) is 4.30. The number of hydrogen-bond acceptors (Lipinski definition) is 6. The van der Waals surface area contributed by atoms with Crippen LogP contribution in [0.15, 0.2) is 93.0 Å². The molecule has 3 aromatic carbocycles. The van der Waals surface area contributed by atoms with Gasteiger partial charge in [-0.1, -0.05) is 67.9 Å². The highest BCUT2D eigenvalue weighted by molar-refractivity contribution is 7.90. The first-order valence-electron chi connectivity index (χ1n) is 14.5. The average Bonchev–Trinajstić information content (AvgIpc) is 3.52. The molecule has 0 aliphatic heterocycles. The van der Waals surface area contributed by atoms with Crippen LogP contribution in [0.3, 0.4) is 0 Å². The first kappa shape index (κ1) is 32.5. The number of aromatic nitrogens is 3. The number of nitrogens with zero attached hydrogens (tertiary/aromatic N) is 3. The van der Waals surface area contributed by atoms with Gasteiger partial charge in [-0.3, -0.25) is 9.36 Å². The Labute approximate surface area is 263 Å². The molecule has 1 N–H and O–H groups in total. The average molecular weight is 653 g/mol. The van der Waals surface area contributed by atoms with Gasteiger partial charge in [0.15, 0.2) is 0 Å². The summed E-state index contributed by atoms with van der Waals surface area (Å²) in [6.45, 7) is 5.21. The van der Waals surface area contributed by atoms with E-state index in [-0.39, 0.29) is 22.7 Å². The van der Waals surface area contributed by atoms with Crippen LogP contribution in [0.5, 0.6) is 0 Å². The standard InChI is InChI=1S/C33H31F3N4O5S/c1-4-5-14-30-37-40(28-12-8-7-11-27(28)33(34,35)36)32(42)39(30)20-23-15-17-24(18-16-23)25-10-6-9-13-29(25)46(43,44)38-31(41)26-19-21(2)45-22(26)3/h6-13,15-19H,4-5,14,20H2,1-3H3,(H,38,41). The maximum atomic E-state index is 13.7. The minimum atomic E-state index is -4.68. The van der Waals surface area contributed by atoms with Crippen LogP contribution in [-0.2, 0) is 29.2 Å². The van der Waals surface area contributed by atoms with Gasteiger partial charge in [0.05, 0.1) is 28.3 Å². The molecule has 0 aliphatic rings. The second-order valence-electron chi connectivity index (χ2n) is 10.8. The van der Waals surface area contributed by atoms with E-state index in [0.717, 1.165) is 17.2 Å². The van der Waals surface area contributed by atoms with E-state index < -0.39 is 33.4 Å². The van der Waals surface area contributed by atoms with Crippen molar-refractivity contribution >= 4 is 15.9 Å². The fourth-order valence-corrected chi connectivity index (χ4v) is 6.37. The van der Waals surface area contributed by atoms with Crippen LogP contribution >= 0.6 is 0 Å². The van der Waals surface area contributed by atoms with E-state index in [9.17, 15) is 31.2 Å². The molecule has 240 valence electrons. The van der Waals surface area contributed by atoms with E-state index in [1.54, 1.807) is 56.3 Å². The normalized spacial score (nSPS) is 12.0. The van der Waals surface area contributed by atoms with E-state index in [1.165, 1.54) is 34.9 Å². The number of hydrogen-bond donors (Lipinski definition) is 1. The number of unbranched alkanes of at least 4 members (excludes halogenated alkanes) is 1. The summed E-state index contributed by atoms with van der Waals surface area (Å²) in [6.07, 6.45) is -2.82. The largest absolute Gasteiger partial charge is 0.466 e. The lowest BCUT2D eigenvalue weighted by molar-refractivity contribution is -0.137. The van der Waals surface area contributed by atoms with E-state index in [2.05, 4.69) is 9.82 Å². The number of nitrogens with one attached hydrogen (secondary N) is 1. The maximum Gasteiger partial charge on any atom is 0.418 e. The zero-order valence-electron chi connectivity index (χ0n) is 25.3. The summed E-state index contributed by atoms with van der Waals surface area (Å²) in [7, 11) is -4.29. The lowest BCUT2D eigenvalue weighted by Crippen LogP contribution is -2.31. The van der Waals surface area contributed by atoms with Gasteiger partial charge in [0.1, 0.15) is 17.3 Å². The van der Waals surface area contributed by atoms with Gasteiger partial charge in [-0.15, -0.1) is 5.10 Å². The molecule has 2 heterocycles. The number of para-hydroxylation sites is 1. The molecule has 1 amide bonds. The Morgan fingerprint density at radius 1 is 0.978 bits per heavy atom. The highest BCUT2D eigenvalue weighted by atomic mass is 32.2. The molecular weight excluding hydrogens is 621 g/mol. The van der Waals surface area contributed by atoms with Crippen molar-refractivity contribution in [1.82, 2.24) is 19.1 Å². The Bertz CT molecular complexity index is 2060. The second-order valence-corrected chi connectivity index (χ2v) is 12.4. The van der Waals surface area contributed by atoms with Crippen molar-refractivity contribution in [2.24, 2.45) is 0 Å². The minimum Gasteiger partial charge on any atom is -0.466 e. The molecule has 5 aromatic rings. The van der Waals surface area contributed by atoms with E-state index in [1.807, 2.05) is 6.92 Å². The van der Waals surface area contributed by atoms with Crippen molar-refractivity contribution in [2.45, 2.75) is 57.7 Å². The third-order valence-electron chi connectivity index (χ3n) is 7.43. The number of furan rings is 1. The summed E-state index contributed by atoms with van der Waals surface area (Å²) < 4.78 is 77.5. The van der Waals surface area contributed by atoms with Gasteiger partial charge in [0, 0.05) is 12.0 Å². The number of rotatable bonds is 10. The number of benzene rings is 3. The van der Waals surface area contributed by atoms with Crippen LogP contribution in [0.25, 0.3) is 16.8 Å². The molecule has 0 spiro atoms. The summed E-state index contributed by atoms with van der Waals surface area (Å²) in [5.41, 5.74) is -0.397. The molecule has 5 rings (SSSR count). The SMILES string of the molecule is CCCCc1nn(-c2ccccc2C(F)(F)F)c(=O)n1Cc1ccc(-c2ccccc2S(=O)(=O)NC(=O)c2cc(C)oc2C)cc1. The number of alkyl halides is 3. The Kier molecular flexibility index (Phi) is 9.06. The molecule has 46 heavy (non-hydrogen) atoms. The fourth-order valence-electron chi connectivity index (χ4n) is 5.17. The zero-order valence-corrected chi connectivity index (χ0v) is 26.1. The van der Waals surface area contributed by atoms with Gasteiger partial charge in [0.25, 0.3) is 15.9 Å². The van der Waals surface area contributed by atoms with E-state index in [4.69, 9.17) is 4.42 Å². The predicted octanol–water partition coefficient (Wildman–Crippen LogP) is 6.44. The zero-order chi connectivity index (χ0) is 33.2. The van der Waals surface area contributed by atoms with Gasteiger partial charge in [0.2, 0.25) is 0 Å². The summed E-state index contributed by atoms with van der Waals surface area (Å²) in [5.74, 6) is 0.297. The van der Waals surface area contributed by atoms with Crippen molar-refractivity contribution in [3.63, 3.8) is 0 Å². The highest BCUT2D eigenvalue weighted by Gasteiger charge is 2.35. The Morgan fingerprint density at radius 2 is 1.65 bits per heavy atom. The lowest BCUT2D eigenvalue weighted by atomic mass is 10.0. The monoisotopic (exact) mass is 652 g/mol. The topological polar surface area (TPSA) is 116 Å². The summed E-state index contributed by atoms with van der Waals surface area (Å²) in [6, 6.07) is 19.2. The second kappa shape index (κ2) is 12.8. The number of sulfonamides is 1. The van der Waals surface area contributed by atoms with Crippen molar-refractivity contribution in [3.05, 3.63) is 123 Å². The fraction of sp³-hybridized carbons (Fsp3) is 0.242. The molecule has 0 saturated heterocycles. The summed E-state index contributed by atoms with van der Waals surface area (Å²) in [4.78, 5) is 26.1. The van der Waals surface area contributed by atoms with Crippen LogP contribution in [0, 0.1) is 13.8 Å². The molecule has 0 bridgehead atoms. The molecule has 0 radical (unpaired) electrons. The Hall–Kier alpha value is -4.91. The van der Waals surface area contributed by atoms with Crippen molar-refractivity contribution < 1.29 is 30.8 Å². The smallest absolute Gasteiger partial charge is 0.418 e.